The van der Waals surface area contributed by atoms with Crippen molar-refractivity contribution in [3.05, 3.63) is 23.4 Å². The van der Waals surface area contributed by atoms with Crippen LogP contribution in [0.25, 0.3) is 0 Å². The molecule has 1 aliphatic rings. The van der Waals surface area contributed by atoms with E-state index in [4.69, 9.17) is 15.7 Å². The number of piperidine rings is 1. The van der Waals surface area contributed by atoms with E-state index in [0.29, 0.717) is 11.5 Å². The summed E-state index contributed by atoms with van der Waals surface area (Å²) in [5, 5.41) is 12.0. The summed E-state index contributed by atoms with van der Waals surface area (Å²) >= 11 is 0. The van der Waals surface area contributed by atoms with Crippen LogP contribution in [-0.4, -0.2) is 42.8 Å². The van der Waals surface area contributed by atoms with Crippen LogP contribution in [0.15, 0.2) is 17.3 Å². The lowest BCUT2D eigenvalue weighted by Crippen LogP contribution is -2.39. The standard InChI is InChI=1S/C14H22N4O2/c1-10-5-6-12(13(15)17-19)14(16-10)18-7-3-4-11(8-18)9-20-2/h5-6,11,19H,3-4,7-9H2,1-2H3,(H2,15,17). The molecule has 2 heterocycles. The predicted octanol–water partition coefficient (Wildman–Crippen LogP) is 1.35. The fourth-order valence-electron chi connectivity index (χ4n) is 2.67. The first-order valence-corrected chi connectivity index (χ1v) is 6.85. The lowest BCUT2D eigenvalue weighted by atomic mass is 9.98. The number of pyridine rings is 1. The molecule has 6 nitrogen and oxygen atoms in total. The number of rotatable bonds is 4. The van der Waals surface area contributed by atoms with Crippen molar-refractivity contribution in [2.75, 3.05) is 31.7 Å². The lowest BCUT2D eigenvalue weighted by molar-refractivity contribution is 0.143. The number of hydrogen-bond acceptors (Lipinski definition) is 5. The Labute approximate surface area is 119 Å². The zero-order valence-corrected chi connectivity index (χ0v) is 12.0. The molecule has 0 amide bonds. The van der Waals surface area contributed by atoms with E-state index in [1.807, 2.05) is 19.1 Å². The van der Waals surface area contributed by atoms with Gasteiger partial charge < -0.3 is 20.6 Å². The van der Waals surface area contributed by atoms with Crippen LogP contribution >= 0.6 is 0 Å². The smallest absolute Gasteiger partial charge is 0.173 e. The van der Waals surface area contributed by atoms with Crippen LogP contribution in [0.1, 0.15) is 24.1 Å². The first kappa shape index (κ1) is 14.6. The van der Waals surface area contributed by atoms with Gasteiger partial charge in [-0.1, -0.05) is 5.16 Å². The Balaban J connectivity index is 2.28. The summed E-state index contributed by atoms with van der Waals surface area (Å²) in [6.45, 7) is 4.51. The third kappa shape index (κ3) is 3.19. The van der Waals surface area contributed by atoms with Gasteiger partial charge in [0.1, 0.15) is 5.82 Å². The minimum atomic E-state index is 0.0985. The maximum Gasteiger partial charge on any atom is 0.173 e. The summed E-state index contributed by atoms with van der Waals surface area (Å²) in [5.74, 6) is 1.39. The third-order valence-corrected chi connectivity index (χ3v) is 3.62. The largest absolute Gasteiger partial charge is 0.409 e. The summed E-state index contributed by atoms with van der Waals surface area (Å²) in [4.78, 5) is 6.78. The number of nitrogens with zero attached hydrogens (tertiary/aromatic N) is 3. The first-order chi connectivity index (χ1) is 9.65. The van der Waals surface area contributed by atoms with Crippen molar-refractivity contribution < 1.29 is 9.94 Å². The number of hydrogen-bond donors (Lipinski definition) is 2. The van der Waals surface area contributed by atoms with Crippen LogP contribution < -0.4 is 10.6 Å². The number of anilines is 1. The quantitative estimate of drug-likeness (QED) is 0.376. The molecule has 110 valence electrons. The topological polar surface area (TPSA) is 84.0 Å². The van der Waals surface area contributed by atoms with E-state index in [-0.39, 0.29) is 5.84 Å². The molecule has 1 fully saturated rings. The van der Waals surface area contributed by atoms with Crippen molar-refractivity contribution in [1.82, 2.24) is 4.98 Å². The molecular formula is C14H22N4O2. The maximum absolute atomic E-state index is 8.91. The first-order valence-electron chi connectivity index (χ1n) is 6.85. The number of oxime groups is 1. The van der Waals surface area contributed by atoms with Crippen molar-refractivity contribution in [3.8, 4) is 0 Å². The van der Waals surface area contributed by atoms with Gasteiger partial charge in [-0.3, -0.25) is 0 Å². The average molecular weight is 278 g/mol. The van der Waals surface area contributed by atoms with Crippen LogP contribution in [0.3, 0.4) is 0 Å². The Kier molecular flexibility index (Phi) is 4.79. The molecular weight excluding hydrogens is 256 g/mol. The number of ether oxygens (including phenoxy) is 1. The zero-order chi connectivity index (χ0) is 14.5. The SMILES string of the molecule is COCC1CCCN(c2nc(C)ccc2/C(N)=N/O)C1. The van der Waals surface area contributed by atoms with Gasteiger partial charge in [-0.15, -0.1) is 0 Å². The normalized spacial score (nSPS) is 20.2. The van der Waals surface area contributed by atoms with Gasteiger partial charge in [-0.2, -0.15) is 0 Å². The molecule has 0 radical (unpaired) electrons. The second-order valence-electron chi connectivity index (χ2n) is 5.22. The van der Waals surface area contributed by atoms with Gasteiger partial charge >= 0.3 is 0 Å². The molecule has 1 aliphatic heterocycles. The zero-order valence-electron chi connectivity index (χ0n) is 12.0. The molecule has 1 aromatic heterocycles. The van der Waals surface area contributed by atoms with Gasteiger partial charge in [-0.25, -0.2) is 4.98 Å². The molecule has 3 N–H and O–H groups in total. The van der Waals surface area contributed by atoms with Gasteiger partial charge in [0.25, 0.3) is 0 Å². The second-order valence-corrected chi connectivity index (χ2v) is 5.22. The molecule has 0 bridgehead atoms. The third-order valence-electron chi connectivity index (χ3n) is 3.62. The molecule has 1 saturated heterocycles. The van der Waals surface area contributed by atoms with Gasteiger partial charge in [0.2, 0.25) is 0 Å². The van der Waals surface area contributed by atoms with Crippen LogP contribution in [0.2, 0.25) is 0 Å². The molecule has 20 heavy (non-hydrogen) atoms. The van der Waals surface area contributed by atoms with Crippen LogP contribution in [-0.2, 0) is 4.74 Å². The summed E-state index contributed by atoms with van der Waals surface area (Å²) in [7, 11) is 1.73. The van der Waals surface area contributed by atoms with Crippen LogP contribution in [0, 0.1) is 12.8 Å². The van der Waals surface area contributed by atoms with E-state index in [1.54, 1.807) is 7.11 Å². The van der Waals surface area contributed by atoms with Crippen molar-refractivity contribution in [1.29, 1.82) is 0 Å². The van der Waals surface area contributed by atoms with Gasteiger partial charge in [-0.05, 0) is 37.8 Å². The Morgan fingerprint density at radius 1 is 1.60 bits per heavy atom. The lowest BCUT2D eigenvalue weighted by Gasteiger charge is -2.34. The molecule has 0 aliphatic carbocycles. The molecule has 0 spiro atoms. The van der Waals surface area contributed by atoms with E-state index in [2.05, 4.69) is 15.0 Å². The number of aromatic nitrogens is 1. The second kappa shape index (κ2) is 6.56. The summed E-state index contributed by atoms with van der Waals surface area (Å²) in [5.41, 5.74) is 7.35. The molecule has 1 atom stereocenters. The van der Waals surface area contributed by atoms with E-state index >= 15 is 0 Å². The van der Waals surface area contributed by atoms with E-state index < -0.39 is 0 Å². The van der Waals surface area contributed by atoms with Crippen molar-refractivity contribution in [3.63, 3.8) is 0 Å². The molecule has 0 aromatic carbocycles. The average Bonchev–Trinajstić information content (AvgIpc) is 2.47. The Morgan fingerprint density at radius 2 is 2.40 bits per heavy atom. The summed E-state index contributed by atoms with van der Waals surface area (Å²) in [6.07, 6.45) is 2.26. The minimum Gasteiger partial charge on any atom is -0.409 e. The van der Waals surface area contributed by atoms with Crippen molar-refractivity contribution >= 4 is 11.7 Å². The van der Waals surface area contributed by atoms with E-state index in [0.717, 1.165) is 44.0 Å². The number of aryl methyl sites for hydroxylation is 1. The molecule has 2 rings (SSSR count). The number of methoxy groups -OCH3 is 1. The summed E-state index contributed by atoms with van der Waals surface area (Å²) < 4.78 is 5.25. The van der Waals surface area contributed by atoms with Crippen LogP contribution in [0.4, 0.5) is 5.82 Å². The molecule has 1 aromatic rings. The maximum atomic E-state index is 8.91. The number of nitrogens with two attached hydrogens (primary N) is 1. The predicted molar refractivity (Wildman–Crippen MR) is 78.3 cm³/mol. The Bertz CT molecular complexity index is 488. The highest BCUT2D eigenvalue weighted by molar-refractivity contribution is 6.01. The van der Waals surface area contributed by atoms with E-state index in [1.165, 1.54) is 0 Å². The van der Waals surface area contributed by atoms with E-state index in [9.17, 15) is 0 Å². The Morgan fingerprint density at radius 3 is 3.10 bits per heavy atom. The molecule has 6 heteroatoms. The Hall–Kier alpha value is -1.82. The highest BCUT2D eigenvalue weighted by atomic mass is 16.5. The highest BCUT2D eigenvalue weighted by Crippen LogP contribution is 2.25. The van der Waals surface area contributed by atoms with Crippen LogP contribution in [0.5, 0.6) is 0 Å². The number of amidine groups is 1. The fourth-order valence-corrected chi connectivity index (χ4v) is 2.67. The summed E-state index contributed by atoms with van der Waals surface area (Å²) in [6, 6.07) is 3.72. The van der Waals surface area contributed by atoms with Gasteiger partial charge in [0, 0.05) is 25.9 Å². The fraction of sp³-hybridized carbons (Fsp3) is 0.571. The van der Waals surface area contributed by atoms with Crippen molar-refractivity contribution in [2.45, 2.75) is 19.8 Å². The molecule has 1 unspecified atom stereocenters. The monoisotopic (exact) mass is 278 g/mol. The van der Waals surface area contributed by atoms with Gasteiger partial charge in [0.15, 0.2) is 5.84 Å². The van der Waals surface area contributed by atoms with Gasteiger partial charge in [0.05, 0.1) is 12.2 Å². The highest BCUT2D eigenvalue weighted by Gasteiger charge is 2.23. The van der Waals surface area contributed by atoms with Crippen molar-refractivity contribution in [2.24, 2.45) is 16.8 Å². The molecule has 0 saturated carbocycles. The minimum absolute atomic E-state index is 0.0985.